The predicted octanol–water partition coefficient (Wildman–Crippen LogP) is 3.02. The van der Waals surface area contributed by atoms with E-state index in [2.05, 4.69) is 0 Å². The second-order valence-electron chi connectivity index (χ2n) is 5.42. The highest BCUT2D eigenvalue weighted by atomic mass is 35.5. The van der Waals surface area contributed by atoms with Crippen LogP contribution in [0.25, 0.3) is 0 Å². The number of carbonyl (C=O) groups is 1. The molecule has 4 nitrogen and oxygen atoms in total. The van der Waals surface area contributed by atoms with Crippen LogP contribution in [0.5, 0.6) is 5.75 Å². The fourth-order valence-corrected chi connectivity index (χ4v) is 2.49. The maximum absolute atomic E-state index is 12.1. The molecule has 1 saturated heterocycles. The van der Waals surface area contributed by atoms with E-state index in [1.165, 1.54) is 4.90 Å². The van der Waals surface area contributed by atoms with Gasteiger partial charge in [-0.05, 0) is 24.3 Å². The molecule has 1 amide bonds. The first kappa shape index (κ1) is 17.9. The molecular formula is C15H17ClF3NO3. The first-order valence-corrected chi connectivity index (χ1v) is 7.57. The lowest BCUT2D eigenvalue weighted by Gasteiger charge is -2.36. The van der Waals surface area contributed by atoms with Crippen molar-refractivity contribution >= 4 is 17.5 Å². The van der Waals surface area contributed by atoms with E-state index >= 15 is 0 Å². The third kappa shape index (κ3) is 5.58. The molecule has 1 aromatic rings. The number of likely N-dealkylation sites (tertiary alicyclic amines) is 1. The van der Waals surface area contributed by atoms with Crippen LogP contribution in [0, 0.1) is 0 Å². The SMILES string of the molecule is O=C(CCC(F)(F)F)N1CC[C@@H](Oc2ccc(Cl)cc2)[C@H](O)C1. The first-order chi connectivity index (χ1) is 10.7. The van der Waals surface area contributed by atoms with E-state index < -0.39 is 37.1 Å². The number of piperidine rings is 1. The number of carbonyl (C=O) groups excluding carboxylic acids is 1. The minimum atomic E-state index is -4.36. The third-order valence-corrected chi connectivity index (χ3v) is 3.85. The maximum atomic E-state index is 12.1. The van der Waals surface area contributed by atoms with Crippen LogP contribution in [0.1, 0.15) is 19.3 Å². The monoisotopic (exact) mass is 351 g/mol. The lowest BCUT2D eigenvalue weighted by molar-refractivity contribution is -0.152. The number of hydrogen-bond acceptors (Lipinski definition) is 3. The highest BCUT2D eigenvalue weighted by Crippen LogP contribution is 2.24. The Kier molecular flexibility index (Phi) is 5.75. The number of alkyl halides is 3. The van der Waals surface area contributed by atoms with Gasteiger partial charge < -0.3 is 14.7 Å². The van der Waals surface area contributed by atoms with Gasteiger partial charge in [0.25, 0.3) is 0 Å². The average Bonchev–Trinajstić information content (AvgIpc) is 2.48. The van der Waals surface area contributed by atoms with Gasteiger partial charge in [0, 0.05) is 24.4 Å². The summed E-state index contributed by atoms with van der Waals surface area (Å²) in [5.41, 5.74) is 0. The van der Waals surface area contributed by atoms with Gasteiger partial charge in [-0.3, -0.25) is 4.79 Å². The highest BCUT2D eigenvalue weighted by molar-refractivity contribution is 6.30. The summed E-state index contributed by atoms with van der Waals surface area (Å²) >= 11 is 5.77. The lowest BCUT2D eigenvalue weighted by Crippen LogP contribution is -2.51. The lowest BCUT2D eigenvalue weighted by atomic mass is 10.0. The number of hydrogen-bond donors (Lipinski definition) is 1. The van der Waals surface area contributed by atoms with Crippen molar-refractivity contribution in [2.75, 3.05) is 13.1 Å². The van der Waals surface area contributed by atoms with Gasteiger partial charge >= 0.3 is 6.18 Å². The molecule has 0 saturated carbocycles. The van der Waals surface area contributed by atoms with E-state index in [-0.39, 0.29) is 13.1 Å². The molecule has 1 aliphatic heterocycles. The van der Waals surface area contributed by atoms with Crippen LogP contribution >= 0.6 is 11.6 Å². The largest absolute Gasteiger partial charge is 0.488 e. The Morgan fingerprint density at radius 3 is 2.57 bits per heavy atom. The summed E-state index contributed by atoms with van der Waals surface area (Å²) in [7, 11) is 0. The molecule has 0 spiro atoms. The van der Waals surface area contributed by atoms with Gasteiger partial charge in [0.2, 0.25) is 5.91 Å². The molecule has 1 heterocycles. The Morgan fingerprint density at radius 1 is 1.35 bits per heavy atom. The van der Waals surface area contributed by atoms with Gasteiger partial charge in [0.15, 0.2) is 0 Å². The standard InChI is InChI=1S/C15H17ClF3NO3/c16-10-1-3-11(4-2-10)23-13-6-8-20(9-12(13)21)14(22)5-7-15(17,18)19/h1-4,12-13,21H,5-9H2/t12-,13-/m1/s1. The van der Waals surface area contributed by atoms with Gasteiger partial charge in [-0.15, -0.1) is 0 Å². The second-order valence-corrected chi connectivity index (χ2v) is 5.86. The Labute approximate surface area is 136 Å². The molecule has 0 aromatic heterocycles. The van der Waals surface area contributed by atoms with Crippen LogP contribution in [-0.2, 0) is 4.79 Å². The van der Waals surface area contributed by atoms with E-state index in [9.17, 15) is 23.1 Å². The Morgan fingerprint density at radius 2 is 2.00 bits per heavy atom. The van der Waals surface area contributed by atoms with E-state index in [0.29, 0.717) is 17.2 Å². The number of nitrogens with zero attached hydrogens (tertiary/aromatic N) is 1. The van der Waals surface area contributed by atoms with Crippen LogP contribution in [0.15, 0.2) is 24.3 Å². The summed E-state index contributed by atoms with van der Waals surface area (Å²) < 4.78 is 42.1. The van der Waals surface area contributed by atoms with E-state index in [1.54, 1.807) is 24.3 Å². The molecule has 2 rings (SSSR count). The normalized spacial score (nSPS) is 22.0. The molecule has 1 fully saturated rings. The van der Waals surface area contributed by atoms with Crippen molar-refractivity contribution in [3.63, 3.8) is 0 Å². The summed E-state index contributed by atoms with van der Waals surface area (Å²) in [6.45, 7) is 0.223. The molecule has 23 heavy (non-hydrogen) atoms. The number of β-amino-alcohol motifs (C(OH)–C–C–N with tert-alkyl or cyclic N) is 1. The molecule has 0 bridgehead atoms. The number of halogens is 4. The third-order valence-electron chi connectivity index (χ3n) is 3.60. The number of aliphatic hydroxyl groups excluding tert-OH is 1. The second kappa shape index (κ2) is 7.40. The van der Waals surface area contributed by atoms with Crippen molar-refractivity contribution in [1.29, 1.82) is 0 Å². The van der Waals surface area contributed by atoms with Crippen molar-refractivity contribution in [3.05, 3.63) is 29.3 Å². The van der Waals surface area contributed by atoms with Gasteiger partial charge in [0.1, 0.15) is 18.0 Å². The molecular weight excluding hydrogens is 335 g/mol. The average molecular weight is 352 g/mol. The Balaban J connectivity index is 1.84. The molecule has 0 unspecified atom stereocenters. The zero-order valence-electron chi connectivity index (χ0n) is 12.2. The van der Waals surface area contributed by atoms with Crippen molar-refractivity contribution < 1.29 is 27.8 Å². The molecule has 1 N–H and O–H groups in total. The number of benzene rings is 1. The molecule has 1 aliphatic rings. The Hall–Kier alpha value is -1.47. The van der Waals surface area contributed by atoms with Crippen LogP contribution in [-0.4, -0.2) is 47.4 Å². The molecule has 128 valence electrons. The molecule has 2 atom stereocenters. The number of rotatable bonds is 4. The van der Waals surface area contributed by atoms with E-state index in [1.807, 2.05) is 0 Å². The molecule has 1 aromatic carbocycles. The Bertz CT molecular complexity index is 536. The van der Waals surface area contributed by atoms with Crippen LogP contribution in [0.4, 0.5) is 13.2 Å². The molecule has 0 radical (unpaired) electrons. The maximum Gasteiger partial charge on any atom is 0.389 e. The van der Waals surface area contributed by atoms with Crippen LogP contribution in [0.3, 0.4) is 0 Å². The number of amides is 1. The van der Waals surface area contributed by atoms with E-state index in [4.69, 9.17) is 16.3 Å². The fraction of sp³-hybridized carbons (Fsp3) is 0.533. The van der Waals surface area contributed by atoms with Gasteiger partial charge in [-0.2, -0.15) is 13.2 Å². The molecule has 0 aliphatic carbocycles. The summed E-state index contributed by atoms with van der Waals surface area (Å²) in [4.78, 5) is 13.0. The summed E-state index contributed by atoms with van der Waals surface area (Å²) in [5, 5.41) is 10.6. The summed E-state index contributed by atoms with van der Waals surface area (Å²) in [6, 6.07) is 6.63. The zero-order valence-corrected chi connectivity index (χ0v) is 13.0. The first-order valence-electron chi connectivity index (χ1n) is 7.19. The van der Waals surface area contributed by atoms with E-state index in [0.717, 1.165) is 0 Å². The van der Waals surface area contributed by atoms with Crippen LogP contribution < -0.4 is 4.74 Å². The minimum absolute atomic E-state index is 0.0328. The summed E-state index contributed by atoms with van der Waals surface area (Å²) in [5.74, 6) is -0.0679. The highest BCUT2D eigenvalue weighted by Gasteiger charge is 2.34. The van der Waals surface area contributed by atoms with Crippen LogP contribution in [0.2, 0.25) is 5.02 Å². The van der Waals surface area contributed by atoms with Crippen molar-refractivity contribution in [1.82, 2.24) is 4.90 Å². The van der Waals surface area contributed by atoms with Crippen molar-refractivity contribution in [3.8, 4) is 5.75 Å². The van der Waals surface area contributed by atoms with Gasteiger partial charge in [-0.25, -0.2) is 0 Å². The minimum Gasteiger partial charge on any atom is -0.488 e. The van der Waals surface area contributed by atoms with Crippen molar-refractivity contribution in [2.45, 2.75) is 37.6 Å². The zero-order chi connectivity index (χ0) is 17.0. The van der Waals surface area contributed by atoms with Gasteiger partial charge in [0.05, 0.1) is 13.0 Å². The number of aliphatic hydroxyl groups is 1. The fourth-order valence-electron chi connectivity index (χ4n) is 2.37. The van der Waals surface area contributed by atoms with Gasteiger partial charge in [-0.1, -0.05) is 11.6 Å². The molecule has 8 heteroatoms. The predicted molar refractivity (Wildman–Crippen MR) is 78.4 cm³/mol. The topological polar surface area (TPSA) is 49.8 Å². The van der Waals surface area contributed by atoms with Crippen molar-refractivity contribution in [2.24, 2.45) is 0 Å². The number of ether oxygens (including phenoxy) is 1. The quantitative estimate of drug-likeness (QED) is 0.907. The smallest absolute Gasteiger partial charge is 0.389 e. The summed E-state index contributed by atoms with van der Waals surface area (Å²) in [6.07, 6.45) is -7.22.